The molecule has 180 valence electrons. The molecule has 1 saturated heterocycles. The molecule has 5 nitrogen and oxygen atoms in total. The first kappa shape index (κ1) is 25.8. The van der Waals surface area contributed by atoms with Gasteiger partial charge >= 0.3 is 18.4 Å². The number of alkyl halides is 6. The highest BCUT2D eigenvalue weighted by Gasteiger charge is 2.50. The van der Waals surface area contributed by atoms with Gasteiger partial charge in [0.2, 0.25) is 5.91 Å². The number of halogens is 6. The van der Waals surface area contributed by atoms with Crippen molar-refractivity contribution < 1.29 is 40.7 Å². The second-order valence-electron chi connectivity index (χ2n) is 8.81. The number of nitrogens with zero attached hydrogens (tertiary/aromatic N) is 2. The Labute approximate surface area is 182 Å². The average molecular weight is 468 g/mol. The number of hydrogen-bond acceptors (Lipinski definition) is 3. The maximum atomic E-state index is 13.3. The van der Waals surface area contributed by atoms with E-state index in [9.17, 15) is 35.9 Å². The van der Waals surface area contributed by atoms with Crippen molar-refractivity contribution in [3.8, 4) is 0 Å². The van der Waals surface area contributed by atoms with Crippen LogP contribution in [0.25, 0.3) is 0 Å². The molecule has 0 aliphatic carbocycles. The molecule has 3 atom stereocenters. The molecular formula is C21H26F6N2O3. The summed E-state index contributed by atoms with van der Waals surface area (Å²) in [6.07, 6.45) is -11.3. The molecular weight excluding hydrogens is 442 g/mol. The molecule has 1 aromatic carbocycles. The van der Waals surface area contributed by atoms with Crippen molar-refractivity contribution in [1.82, 2.24) is 9.80 Å². The summed E-state index contributed by atoms with van der Waals surface area (Å²) in [4.78, 5) is 26.3. The zero-order chi connectivity index (χ0) is 24.5. The van der Waals surface area contributed by atoms with Gasteiger partial charge in [-0.15, -0.1) is 0 Å². The molecule has 1 aliphatic rings. The van der Waals surface area contributed by atoms with Crippen molar-refractivity contribution in [3.63, 3.8) is 0 Å². The molecule has 32 heavy (non-hydrogen) atoms. The van der Waals surface area contributed by atoms with Gasteiger partial charge in [-0.25, -0.2) is 4.79 Å². The van der Waals surface area contributed by atoms with E-state index in [1.807, 2.05) is 0 Å². The summed E-state index contributed by atoms with van der Waals surface area (Å²) >= 11 is 0. The second kappa shape index (κ2) is 9.19. The third-order valence-electron chi connectivity index (χ3n) is 5.05. The Bertz CT molecular complexity index is 804. The van der Waals surface area contributed by atoms with Gasteiger partial charge in [0.25, 0.3) is 0 Å². The van der Waals surface area contributed by atoms with Crippen molar-refractivity contribution in [2.24, 2.45) is 0 Å². The highest BCUT2D eigenvalue weighted by Crippen LogP contribution is 2.38. The lowest BCUT2D eigenvalue weighted by atomic mass is 9.81. The molecule has 0 radical (unpaired) electrons. The van der Waals surface area contributed by atoms with Crippen LogP contribution in [0.3, 0.4) is 0 Å². The summed E-state index contributed by atoms with van der Waals surface area (Å²) in [6, 6.07) is 5.50. The maximum absolute atomic E-state index is 13.3. The van der Waals surface area contributed by atoms with Crippen LogP contribution in [0.15, 0.2) is 30.3 Å². The quantitative estimate of drug-likeness (QED) is 0.577. The molecule has 2 amide bonds. The lowest BCUT2D eigenvalue weighted by Gasteiger charge is -2.46. The summed E-state index contributed by atoms with van der Waals surface area (Å²) < 4.78 is 84.6. The average Bonchev–Trinajstić information content (AvgIpc) is 2.61. The Morgan fingerprint density at radius 3 is 2.09 bits per heavy atom. The topological polar surface area (TPSA) is 49.9 Å². The van der Waals surface area contributed by atoms with E-state index in [2.05, 4.69) is 0 Å². The van der Waals surface area contributed by atoms with Gasteiger partial charge < -0.3 is 9.64 Å². The minimum Gasteiger partial charge on any atom is -0.444 e. The van der Waals surface area contributed by atoms with Crippen LogP contribution in [0.2, 0.25) is 0 Å². The molecule has 1 aromatic rings. The van der Waals surface area contributed by atoms with E-state index in [0.717, 1.165) is 0 Å². The van der Waals surface area contributed by atoms with Crippen molar-refractivity contribution in [3.05, 3.63) is 35.9 Å². The van der Waals surface area contributed by atoms with Gasteiger partial charge in [0.05, 0.1) is 0 Å². The van der Waals surface area contributed by atoms with Crippen LogP contribution in [-0.4, -0.2) is 64.9 Å². The number of carbonyl (C=O) groups is 2. The summed E-state index contributed by atoms with van der Waals surface area (Å²) in [7, 11) is 0. The first-order chi connectivity index (χ1) is 14.5. The third-order valence-corrected chi connectivity index (χ3v) is 5.05. The first-order valence-electron chi connectivity index (χ1n) is 9.97. The SMILES string of the molecule is CC1C(c2ccccc2)CC(N(CC(F)(F)F)C(=O)OC(C)(C)C)C(=O)N1CC(F)(F)F. The molecule has 0 spiro atoms. The Kier molecular flexibility index (Phi) is 7.41. The Morgan fingerprint density at radius 2 is 1.62 bits per heavy atom. The van der Waals surface area contributed by atoms with Crippen LogP contribution in [0, 0.1) is 0 Å². The smallest absolute Gasteiger partial charge is 0.411 e. The Balaban J connectivity index is 2.51. The Morgan fingerprint density at radius 1 is 1.06 bits per heavy atom. The summed E-state index contributed by atoms with van der Waals surface area (Å²) in [5.74, 6) is -1.92. The number of hydrogen-bond donors (Lipinski definition) is 0. The highest BCUT2D eigenvalue weighted by atomic mass is 19.4. The number of ether oxygens (including phenoxy) is 1. The van der Waals surface area contributed by atoms with Crippen LogP contribution in [0.1, 0.15) is 45.6 Å². The minimum atomic E-state index is -4.89. The Hall–Kier alpha value is -2.46. The molecule has 11 heteroatoms. The number of amides is 2. The number of carbonyl (C=O) groups excluding carboxylic acids is 2. The van der Waals surface area contributed by atoms with Gasteiger partial charge in [-0.3, -0.25) is 9.69 Å². The van der Waals surface area contributed by atoms with Crippen molar-refractivity contribution in [2.75, 3.05) is 13.1 Å². The lowest BCUT2D eigenvalue weighted by molar-refractivity contribution is -0.179. The summed E-state index contributed by atoms with van der Waals surface area (Å²) in [5.41, 5.74) is -0.614. The van der Waals surface area contributed by atoms with E-state index in [0.29, 0.717) is 10.5 Å². The largest absolute Gasteiger partial charge is 0.444 e. The summed E-state index contributed by atoms with van der Waals surface area (Å²) in [6.45, 7) is 2.26. The zero-order valence-corrected chi connectivity index (χ0v) is 18.1. The molecule has 3 unspecified atom stereocenters. The van der Waals surface area contributed by atoms with Gasteiger partial charge in [-0.1, -0.05) is 30.3 Å². The van der Waals surface area contributed by atoms with Crippen LogP contribution < -0.4 is 0 Å². The van der Waals surface area contributed by atoms with Gasteiger partial charge in [0.15, 0.2) is 0 Å². The van der Waals surface area contributed by atoms with Crippen molar-refractivity contribution in [1.29, 1.82) is 0 Å². The van der Waals surface area contributed by atoms with E-state index >= 15 is 0 Å². The van der Waals surface area contributed by atoms with Crippen molar-refractivity contribution >= 4 is 12.0 Å². The van der Waals surface area contributed by atoms with Gasteiger partial charge in [-0.2, -0.15) is 26.3 Å². The standard InChI is InChI=1S/C21H26F6N2O3/c1-13-15(14-8-6-5-7-9-14)10-16(17(30)28(13)11-20(22,23)24)29(12-21(25,26)27)18(31)32-19(2,3)4/h5-9,13,15-16H,10-12H2,1-4H3. The minimum absolute atomic E-state index is 0.193. The normalized spacial score (nSPS) is 22.6. The maximum Gasteiger partial charge on any atom is 0.411 e. The lowest BCUT2D eigenvalue weighted by Crippen LogP contribution is -2.62. The molecule has 1 fully saturated rings. The van der Waals surface area contributed by atoms with Crippen LogP contribution in [0.4, 0.5) is 31.1 Å². The van der Waals surface area contributed by atoms with Gasteiger partial charge in [0, 0.05) is 12.0 Å². The van der Waals surface area contributed by atoms with E-state index in [1.54, 1.807) is 30.3 Å². The molecule has 0 N–H and O–H groups in total. The predicted octanol–water partition coefficient (Wildman–Crippen LogP) is 5.12. The van der Waals surface area contributed by atoms with E-state index in [4.69, 9.17) is 4.74 Å². The summed E-state index contributed by atoms with van der Waals surface area (Å²) in [5, 5.41) is 0. The number of rotatable bonds is 4. The molecule has 0 saturated carbocycles. The monoisotopic (exact) mass is 468 g/mol. The van der Waals surface area contributed by atoms with E-state index < -0.39 is 61.0 Å². The third kappa shape index (κ3) is 7.03. The van der Waals surface area contributed by atoms with Gasteiger partial charge in [0.1, 0.15) is 24.7 Å². The van der Waals surface area contributed by atoms with E-state index in [-0.39, 0.29) is 11.3 Å². The van der Waals surface area contributed by atoms with Crippen LogP contribution in [-0.2, 0) is 9.53 Å². The van der Waals surface area contributed by atoms with Crippen molar-refractivity contribution in [2.45, 2.75) is 70.1 Å². The predicted molar refractivity (Wildman–Crippen MR) is 104 cm³/mol. The van der Waals surface area contributed by atoms with Gasteiger partial charge in [-0.05, 0) is 39.7 Å². The number of benzene rings is 1. The molecule has 0 aromatic heterocycles. The molecule has 1 heterocycles. The fourth-order valence-electron chi connectivity index (χ4n) is 3.75. The zero-order valence-electron chi connectivity index (χ0n) is 18.1. The fourth-order valence-corrected chi connectivity index (χ4v) is 3.75. The van der Waals surface area contributed by atoms with Crippen LogP contribution in [0.5, 0.6) is 0 Å². The highest BCUT2D eigenvalue weighted by molar-refractivity contribution is 5.87. The second-order valence-corrected chi connectivity index (χ2v) is 8.81. The van der Waals surface area contributed by atoms with E-state index in [1.165, 1.54) is 27.7 Å². The number of piperidine rings is 1. The first-order valence-corrected chi connectivity index (χ1v) is 9.97. The molecule has 0 bridgehead atoms. The molecule has 2 rings (SSSR count). The van der Waals surface area contributed by atoms with Crippen LogP contribution >= 0.6 is 0 Å². The fraction of sp³-hybridized carbons (Fsp3) is 0.619. The number of likely N-dealkylation sites (tertiary alicyclic amines) is 1. The molecule has 1 aliphatic heterocycles.